The van der Waals surface area contributed by atoms with Crippen LogP contribution in [0.25, 0.3) is 0 Å². The summed E-state index contributed by atoms with van der Waals surface area (Å²) in [5.74, 6) is 0.547. The van der Waals surface area contributed by atoms with Crippen LogP contribution in [0.4, 0.5) is 11.5 Å². The molecule has 1 heterocycles. The minimum atomic E-state index is 0.210. The Kier molecular flexibility index (Phi) is 3.00. The zero-order valence-electron chi connectivity index (χ0n) is 9.23. The van der Waals surface area contributed by atoms with Crippen molar-refractivity contribution >= 4 is 11.5 Å². The summed E-state index contributed by atoms with van der Waals surface area (Å²) in [7, 11) is 4.06. The Balaban J connectivity index is 2.89. The molecular formula is C9H19N5. The standard InChI is InChI=1S/C9H19N5/c1-6(13(3)4)7(2)14-9(11)8(10)5-12-14/h5-7H,10-11H2,1-4H3. The quantitative estimate of drug-likeness (QED) is 0.742. The van der Waals surface area contributed by atoms with Crippen LogP contribution < -0.4 is 11.5 Å². The van der Waals surface area contributed by atoms with Crippen molar-refractivity contribution in [3.63, 3.8) is 0 Å². The van der Waals surface area contributed by atoms with Crippen molar-refractivity contribution in [3.8, 4) is 0 Å². The van der Waals surface area contributed by atoms with E-state index in [4.69, 9.17) is 11.5 Å². The number of hydrogen-bond donors (Lipinski definition) is 2. The lowest BCUT2D eigenvalue weighted by Crippen LogP contribution is -2.33. The highest BCUT2D eigenvalue weighted by Crippen LogP contribution is 2.21. The van der Waals surface area contributed by atoms with E-state index in [0.717, 1.165) is 0 Å². The van der Waals surface area contributed by atoms with E-state index in [1.807, 2.05) is 14.1 Å². The Morgan fingerprint density at radius 2 is 1.93 bits per heavy atom. The third-order valence-electron chi connectivity index (χ3n) is 2.76. The molecule has 0 aliphatic carbocycles. The van der Waals surface area contributed by atoms with Gasteiger partial charge in [0.05, 0.1) is 17.9 Å². The van der Waals surface area contributed by atoms with Crippen LogP contribution in [-0.4, -0.2) is 34.8 Å². The topological polar surface area (TPSA) is 73.1 Å². The van der Waals surface area contributed by atoms with Gasteiger partial charge < -0.3 is 16.4 Å². The number of likely N-dealkylation sites (N-methyl/N-ethyl adjacent to an activating group) is 1. The maximum absolute atomic E-state index is 5.80. The van der Waals surface area contributed by atoms with Crippen molar-refractivity contribution in [1.82, 2.24) is 14.7 Å². The highest BCUT2D eigenvalue weighted by atomic mass is 15.3. The SMILES string of the molecule is CC(C(C)n1ncc(N)c1N)N(C)C. The van der Waals surface area contributed by atoms with Gasteiger partial charge in [0.1, 0.15) is 5.82 Å². The van der Waals surface area contributed by atoms with Crippen LogP contribution in [0.3, 0.4) is 0 Å². The molecule has 0 aliphatic rings. The molecular weight excluding hydrogens is 178 g/mol. The van der Waals surface area contributed by atoms with Crippen LogP contribution in [0, 0.1) is 0 Å². The Bertz CT molecular complexity index is 304. The second kappa shape index (κ2) is 3.88. The van der Waals surface area contributed by atoms with Gasteiger partial charge in [0.15, 0.2) is 0 Å². The fourth-order valence-corrected chi connectivity index (χ4v) is 1.35. The van der Waals surface area contributed by atoms with Crippen LogP contribution in [0.2, 0.25) is 0 Å². The third kappa shape index (κ3) is 1.82. The second-order valence-corrected chi connectivity index (χ2v) is 3.87. The van der Waals surface area contributed by atoms with E-state index in [9.17, 15) is 0 Å². The van der Waals surface area contributed by atoms with E-state index in [0.29, 0.717) is 17.5 Å². The lowest BCUT2D eigenvalue weighted by molar-refractivity contribution is 0.231. The number of hydrogen-bond acceptors (Lipinski definition) is 4. The molecule has 2 atom stereocenters. The molecule has 0 aromatic carbocycles. The number of nitrogen functional groups attached to an aromatic ring is 2. The van der Waals surface area contributed by atoms with Gasteiger partial charge in [-0.2, -0.15) is 5.10 Å². The predicted octanol–water partition coefficient (Wildman–Crippen LogP) is 0.559. The first-order valence-corrected chi connectivity index (χ1v) is 4.70. The molecule has 1 aromatic heterocycles. The first-order chi connectivity index (χ1) is 6.45. The third-order valence-corrected chi connectivity index (χ3v) is 2.76. The van der Waals surface area contributed by atoms with Gasteiger partial charge in [0, 0.05) is 6.04 Å². The summed E-state index contributed by atoms with van der Waals surface area (Å²) in [4.78, 5) is 2.13. The van der Waals surface area contributed by atoms with Crippen molar-refractivity contribution in [2.24, 2.45) is 0 Å². The van der Waals surface area contributed by atoms with Crippen LogP contribution in [0.5, 0.6) is 0 Å². The zero-order chi connectivity index (χ0) is 10.9. The first-order valence-electron chi connectivity index (χ1n) is 4.70. The summed E-state index contributed by atoms with van der Waals surface area (Å²) in [5.41, 5.74) is 12.0. The first kappa shape index (κ1) is 10.8. The zero-order valence-corrected chi connectivity index (χ0v) is 9.23. The summed E-state index contributed by atoms with van der Waals surface area (Å²) < 4.78 is 1.76. The number of rotatable bonds is 3. The molecule has 0 saturated heterocycles. The highest BCUT2D eigenvalue weighted by molar-refractivity contribution is 5.57. The maximum atomic E-state index is 5.80. The lowest BCUT2D eigenvalue weighted by Gasteiger charge is -2.27. The van der Waals surface area contributed by atoms with Gasteiger partial charge in [-0.1, -0.05) is 0 Å². The molecule has 0 fully saturated rings. The minimum absolute atomic E-state index is 0.210. The van der Waals surface area contributed by atoms with Gasteiger partial charge in [-0.25, -0.2) is 4.68 Å². The Morgan fingerprint density at radius 1 is 1.36 bits per heavy atom. The van der Waals surface area contributed by atoms with Crippen LogP contribution in [0.1, 0.15) is 19.9 Å². The van der Waals surface area contributed by atoms with Crippen LogP contribution in [0.15, 0.2) is 6.20 Å². The van der Waals surface area contributed by atoms with E-state index >= 15 is 0 Å². The molecule has 0 amide bonds. The average molecular weight is 197 g/mol. The summed E-state index contributed by atoms with van der Waals surface area (Å²) in [5, 5.41) is 4.16. The highest BCUT2D eigenvalue weighted by Gasteiger charge is 2.19. The summed E-state index contributed by atoms with van der Waals surface area (Å²) in [6, 6.07) is 0.568. The van der Waals surface area contributed by atoms with Crippen molar-refractivity contribution in [2.45, 2.75) is 25.9 Å². The Morgan fingerprint density at radius 3 is 2.29 bits per heavy atom. The van der Waals surface area contributed by atoms with Crippen molar-refractivity contribution in [2.75, 3.05) is 25.6 Å². The van der Waals surface area contributed by atoms with Crippen LogP contribution in [-0.2, 0) is 0 Å². The number of anilines is 2. The Hall–Kier alpha value is -1.23. The summed E-state index contributed by atoms with van der Waals surface area (Å²) in [6.07, 6.45) is 1.59. The normalized spacial score (nSPS) is 15.8. The molecule has 80 valence electrons. The predicted molar refractivity (Wildman–Crippen MR) is 58.9 cm³/mol. The second-order valence-electron chi connectivity index (χ2n) is 3.87. The molecule has 5 nitrogen and oxygen atoms in total. The van der Waals surface area contributed by atoms with Gasteiger partial charge in [-0.05, 0) is 27.9 Å². The molecule has 1 rings (SSSR count). The van der Waals surface area contributed by atoms with Gasteiger partial charge in [0.25, 0.3) is 0 Å². The van der Waals surface area contributed by atoms with Crippen molar-refractivity contribution in [3.05, 3.63) is 6.20 Å². The van der Waals surface area contributed by atoms with E-state index in [1.165, 1.54) is 0 Å². The maximum Gasteiger partial charge on any atom is 0.145 e. The number of nitrogens with two attached hydrogens (primary N) is 2. The Labute approximate surface area is 84.7 Å². The number of nitrogens with zero attached hydrogens (tertiary/aromatic N) is 3. The molecule has 0 aliphatic heterocycles. The van der Waals surface area contributed by atoms with Gasteiger partial charge in [-0.3, -0.25) is 0 Å². The molecule has 5 heteroatoms. The fourth-order valence-electron chi connectivity index (χ4n) is 1.35. The molecule has 0 saturated carbocycles. The molecule has 0 spiro atoms. The molecule has 4 N–H and O–H groups in total. The molecule has 14 heavy (non-hydrogen) atoms. The van der Waals surface area contributed by atoms with E-state index < -0.39 is 0 Å². The molecule has 1 aromatic rings. The van der Waals surface area contributed by atoms with E-state index in [2.05, 4.69) is 23.8 Å². The van der Waals surface area contributed by atoms with Gasteiger partial charge >= 0.3 is 0 Å². The molecule has 0 bridgehead atoms. The number of aromatic nitrogens is 2. The van der Waals surface area contributed by atoms with Crippen LogP contribution >= 0.6 is 0 Å². The van der Waals surface area contributed by atoms with Gasteiger partial charge in [0.2, 0.25) is 0 Å². The summed E-state index contributed by atoms with van der Waals surface area (Å²) >= 11 is 0. The molecule has 0 radical (unpaired) electrons. The smallest absolute Gasteiger partial charge is 0.145 e. The van der Waals surface area contributed by atoms with E-state index in [1.54, 1.807) is 10.9 Å². The largest absolute Gasteiger partial charge is 0.394 e. The van der Waals surface area contributed by atoms with Gasteiger partial charge in [-0.15, -0.1) is 0 Å². The fraction of sp³-hybridized carbons (Fsp3) is 0.667. The molecule has 2 unspecified atom stereocenters. The van der Waals surface area contributed by atoms with E-state index in [-0.39, 0.29) is 6.04 Å². The van der Waals surface area contributed by atoms with Crippen molar-refractivity contribution in [1.29, 1.82) is 0 Å². The van der Waals surface area contributed by atoms with Crippen molar-refractivity contribution < 1.29 is 0 Å². The minimum Gasteiger partial charge on any atom is -0.394 e. The average Bonchev–Trinajstić information content (AvgIpc) is 2.45. The summed E-state index contributed by atoms with van der Waals surface area (Å²) in [6.45, 7) is 4.20. The monoisotopic (exact) mass is 197 g/mol. The lowest BCUT2D eigenvalue weighted by atomic mass is 10.1.